The lowest BCUT2D eigenvalue weighted by atomic mass is 9.89. The first-order chi connectivity index (χ1) is 29.0. The zero-order chi connectivity index (χ0) is 42.9. The van der Waals surface area contributed by atoms with Crippen molar-refractivity contribution >= 4 is 11.8 Å². The highest BCUT2D eigenvalue weighted by molar-refractivity contribution is 5.90. The van der Waals surface area contributed by atoms with E-state index in [-0.39, 0.29) is 44.2 Å². The predicted molar refractivity (Wildman–Crippen MR) is 231 cm³/mol. The lowest BCUT2D eigenvalue weighted by Crippen LogP contribution is -2.50. The molecule has 0 saturated carbocycles. The summed E-state index contributed by atoms with van der Waals surface area (Å²) in [5.41, 5.74) is 5.35. The van der Waals surface area contributed by atoms with Crippen molar-refractivity contribution in [2.45, 2.75) is 155 Å². The number of hydrogen-bond donors (Lipinski definition) is 2. The van der Waals surface area contributed by atoms with Crippen LogP contribution in [-0.2, 0) is 32.2 Å². The summed E-state index contributed by atoms with van der Waals surface area (Å²) < 4.78 is 53.3. The Morgan fingerprint density at radius 2 is 1.40 bits per heavy atom. The van der Waals surface area contributed by atoms with E-state index in [0.29, 0.717) is 11.3 Å². The third-order valence-corrected chi connectivity index (χ3v) is 12.2. The fourth-order valence-corrected chi connectivity index (χ4v) is 8.63. The predicted octanol–water partition coefficient (Wildman–Crippen LogP) is 10.8. The summed E-state index contributed by atoms with van der Waals surface area (Å²) in [6.45, 7) is 9.62. The van der Waals surface area contributed by atoms with Crippen LogP contribution < -0.4 is 5.32 Å². The van der Waals surface area contributed by atoms with Crippen molar-refractivity contribution in [1.82, 2.24) is 15.1 Å². The normalized spacial score (nSPS) is 20.8. The summed E-state index contributed by atoms with van der Waals surface area (Å²) in [4.78, 5) is 28.3. The van der Waals surface area contributed by atoms with Crippen LogP contribution in [-0.4, -0.2) is 71.2 Å². The van der Waals surface area contributed by atoms with Crippen LogP contribution in [0, 0.1) is 5.92 Å². The highest BCUT2D eigenvalue weighted by Crippen LogP contribution is 2.42. The Morgan fingerprint density at radius 1 is 0.800 bits per heavy atom. The van der Waals surface area contributed by atoms with Crippen LogP contribution in [0.3, 0.4) is 0 Å². The molecule has 0 bridgehead atoms. The van der Waals surface area contributed by atoms with Crippen LogP contribution in [0.2, 0.25) is 0 Å². The molecule has 2 N–H and O–H groups in total. The average Bonchev–Trinajstić information content (AvgIpc) is 3.75. The number of rotatable bonds is 23. The lowest BCUT2D eigenvalue weighted by molar-refractivity contribution is -0.276. The number of aliphatic hydroxyl groups excluding tert-OH is 1. The van der Waals surface area contributed by atoms with Gasteiger partial charge in [-0.05, 0) is 66.6 Å². The molecule has 60 heavy (non-hydrogen) atoms. The zero-order valence-electron chi connectivity index (χ0n) is 36.1. The van der Waals surface area contributed by atoms with Crippen molar-refractivity contribution in [3.05, 3.63) is 95.1 Å². The van der Waals surface area contributed by atoms with Crippen molar-refractivity contribution in [3.8, 4) is 11.1 Å². The number of carbonyl (C=O) groups is 2. The van der Waals surface area contributed by atoms with Gasteiger partial charge in [-0.15, -0.1) is 0 Å². The molecule has 3 aromatic rings. The van der Waals surface area contributed by atoms with Crippen LogP contribution >= 0.6 is 0 Å². The van der Waals surface area contributed by atoms with Crippen molar-refractivity contribution in [2.75, 3.05) is 26.2 Å². The molecule has 2 amide bonds. The van der Waals surface area contributed by atoms with Crippen LogP contribution in [0.1, 0.15) is 145 Å². The quantitative estimate of drug-likeness (QED) is 0.0925. The molecule has 2 heterocycles. The topological polar surface area (TPSA) is 91.3 Å². The van der Waals surface area contributed by atoms with Gasteiger partial charge in [-0.25, -0.2) is 0 Å². The number of hydrogen-bond acceptors (Lipinski definition) is 6. The van der Waals surface area contributed by atoms with E-state index >= 15 is 0 Å². The minimum absolute atomic E-state index is 0.0223. The number of halogens is 3. The second-order valence-corrected chi connectivity index (χ2v) is 16.8. The largest absolute Gasteiger partial charge is 0.471 e. The first-order valence-electron chi connectivity index (χ1n) is 22.6. The van der Waals surface area contributed by atoms with E-state index in [2.05, 4.69) is 31.0 Å². The summed E-state index contributed by atoms with van der Waals surface area (Å²) >= 11 is 0. The van der Waals surface area contributed by atoms with Gasteiger partial charge in [0.15, 0.2) is 6.29 Å². The Bertz CT molecular complexity index is 1720. The fourth-order valence-electron chi connectivity index (χ4n) is 8.63. The van der Waals surface area contributed by atoms with Gasteiger partial charge in [0.1, 0.15) is 6.04 Å². The molecule has 0 unspecified atom stereocenters. The number of carbonyl (C=O) groups excluding carboxylic acids is 2. The maximum absolute atomic E-state index is 13.2. The monoisotopic (exact) mass is 836 g/mol. The molecule has 0 spiro atoms. The van der Waals surface area contributed by atoms with Gasteiger partial charge < -0.3 is 29.7 Å². The van der Waals surface area contributed by atoms with Crippen LogP contribution in [0.4, 0.5) is 13.2 Å². The SMILES string of the molecule is CCCCCCCCN(CCCCCCCC)C[C@H]1O[C@@H](c2ccc(-c3ccccc3CNC(=O)[C@@H]3CCCN3C(=O)C(F)(F)F)cc2)O[C@@H](c2ccc(CO)cc2)[C@H]1C. The number of unbranched alkanes of at least 4 members (excludes halogenated alkanes) is 10. The Labute approximate surface area is 356 Å². The van der Waals surface area contributed by atoms with E-state index in [9.17, 15) is 27.9 Å². The Hall–Kier alpha value is -3.77. The van der Waals surface area contributed by atoms with Gasteiger partial charge in [0.05, 0.1) is 18.8 Å². The van der Waals surface area contributed by atoms with Gasteiger partial charge in [-0.3, -0.25) is 9.59 Å². The van der Waals surface area contributed by atoms with Crippen molar-refractivity contribution in [3.63, 3.8) is 0 Å². The van der Waals surface area contributed by atoms with Gasteiger partial charge >= 0.3 is 12.1 Å². The van der Waals surface area contributed by atoms with Gasteiger partial charge in [-0.2, -0.15) is 13.2 Å². The number of nitrogens with one attached hydrogen (secondary N) is 1. The molecule has 2 aliphatic heterocycles. The number of benzene rings is 3. The summed E-state index contributed by atoms with van der Waals surface area (Å²) in [5.74, 6) is -2.50. The van der Waals surface area contributed by atoms with Gasteiger partial charge in [0, 0.05) is 31.1 Å². The Balaban J connectivity index is 1.31. The number of aliphatic hydroxyl groups is 1. The second-order valence-electron chi connectivity index (χ2n) is 16.8. The zero-order valence-corrected chi connectivity index (χ0v) is 36.1. The maximum Gasteiger partial charge on any atom is 0.471 e. The fraction of sp³-hybridized carbons (Fsp3) is 0.592. The summed E-state index contributed by atoms with van der Waals surface area (Å²) in [6.07, 6.45) is 9.63. The van der Waals surface area contributed by atoms with E-state index in [0.717, 1.165) is 53.0 Å². The van der Waals surface area contributed by atoms with Gasteiger partial charge in [0.25, 0.3) is 0 Å². The van der Waals surface area contributed by atoms with Crippen LogP contribution in [0.5, 0.6) is 0 Å². The summed E-state index contributed by atoms with van der Waals surface area (Å²) in [5, 5.41) is 12.5. The molecule has 11 heteroatoms. The third-order valence-electron chi connectivity index (χ3n) is 12.2. The molecule has 0 aromatic heterocycles. The Morgan fingerprint density at radius 3 is 2.02 bits per heavy atom. The molecule has 2 saturated heterocycles. The summed E-state index contributed by atoms with van der Waals surface area (Å²) in [6, 6.07) is 22.5. The average molecular weight is 836 g/mol. The highest BCUT2D eigenvalue weighted by Gasteiger charge is 2.47. The molecule has 0 aliphatic carbocycles. The summed E-state index contributed by atoms with van der Waals surface area (Å²) in [7, 11) is 0. The smallest absolute Gasteiger partial charge is 0.392 e. The molecular formula is C49H68F3N3O5. The van der Waals surface area contributed by atoms with Crippen molar-refractivity contribution in [1.29, 1.82) is 0 Å². The van der Waals surface area contributed by atoms with E-state index in [4.69, 9.17) is 9.47 Å². The van der Waals surface area contributed by atoms with Crippen molar-refractivity contribution < 1.29 is 37.3 Å². The van der Waals surface area contributed by atoms with E-state index in [1.807, 2.05) is 72.8 Å². The van der Waals surface area contributed by atoms with E-state index < -0.39 is 30.3 Å². The number of alkyl halides is 3. The van der Waals surface area contributed by atoms with E-state index in [1.165, 1.54) is 77.0 Å². The highest BCUT2D eigenvalue weighted by atomic mass is 19.4. The number of ether oxygens (including phenoxy) is 2. The van der Waals surface area contributed by atoms with Crippen LogP contribution in [0.25, 0.3) is 11.1 Å². The minimum atomic E-state index is -5.03. The minimum Gasteiger partial charge on any atom is -0.392 e. The first kappa shape index (κ1) is 47.3. The second kappa shape index (κ2) is 24.0. The molecule has 5 rings (SSSR count). The standard InChI is InChI=1S/C49H68F3N3O5/c1-4-6-8-10-12-16-30-54(31-17-13-11-9-7-5-2)34-44-36(3)45(39-24-22-37(35-56)23-25-39)60-47(59-44)40-28-26-38(27-29-40)42-20-15-14-19-41(42)33-53-46(57)43-21-18-32-55(43)48(58)49(50,51)52/h14-15,19-20,22-29,36,43-45,47,56H,4-13,16-18,21,30-35H2,1-3H3,(H,53,57)/t36-,43-,44+,45+,47+/m0/s1. The number of likely N-dealkylation sites (tertiary alicyclic amines) is 1. The van der Waals surface area contributed by atoms with Gasteiger partial charge in [-0.1, -0.05) is 158 Å². The molecule has 2 aliphatic rings. The Kier molecular flexibility index (Phi) is 18.9. The molecule has 3 aromatic carbocycles. The van der Waals surface area contributed by atoms with E-state index in [1.54, 1.807) is 0 Å². The molecule has 0 radical (unpaired) electrons. The van der Waals surface area contributed by atoms with Gasteiger partial charge in [0.2, 0.25) is 5.91 Å². The molecule has 8 nitrogen and oxygen atoms in total. The van der Waals surface area contributed by atoms with Crippen molar-refractivity contribution in [2.24, 2.45) is 5.92 Å². The molecule has 5 atom stereocenters. The lowest BCUT2D eigenvalue weighted by Gasteiger charge is -2.43. The number of amides is 2. The first-order valence-corrected chi connectivity index (χ1v) is 22.6. The molecule has 2 fully saturated rings. The maximum atomic E-state index is 13.2. The van der Waals surface area contributed by atoms with Crippen LogP contribution in [0.15, 0.2) is 72.8 Å². The molecular weight excluding hydrogens is 768 g/mol. The third kappa shape index (κ3) is 13.6. The molecule has 330 valence electrons. The number of nitrogens with zero attached hydrogens (tertiary/aromatic N) is 2.